The Morgan fingerprint density at radius 3 is 2.66 bits per heavy atom. The fraction of sp³-hybridized carbons (Fsp3) is 0.350. The number of hydrogen-bond donors (Lipinski definition) is 0. The van der Waals surface area contributed by atoms with E-state index in [0.717, 1.165) is 23.1 Å². The Kier molecular flexibility index (Phi) is 5.49. The number of Topliss-reactive ketones (excluding diaryl/α,β-unsaturated/α-hetero) is 1. The van der Waals surface area contributed by atoms with Crippen molar-refractivity contribution in [1.29, 1.82) is 0 Å². The van der Waals surface area contributed by atoms with E-state index < -0.39 is 22.3 Å². The first-order valence-corrected chi connectivity index (χ1v) is 9.24. The number of rotatable bonds is 6. The highest BCUT2D eigenvalue weighted by molar-refractivity contribution is 6.03. The molecule has 0 saturated heterocycles. The van der Waals surface area contributed by atoms with Gasteiger partial charge in [0, 0.05) is 24.2 Å². The average Bonchev–Trinajstić information content (AvgIpc) is 2.69. The van der Waals surface area contributed by atoms with Crippen molar-refractivity contribution in [2.75, 3.05) is 18.1 Å². The molecule has 0 spiro atoms. The zero-order valence-electron chi connectivity index (χ0n) is 16.4. The maximum absolute atomic E-state index is 13.1. The number of ether oxygens (including phenoxy) is 1. The Bertz CT molecular complexity index is 1060. The van der Waals surface area contributed by atoms with Crippen LogP contribution in [-0.2, 0) is 4.79 Å². The molecule has 0 radical (unpaired) electrons. The molecule has 1 aliphatic rings. The zero-order valence-corrected chi connectivity index (χ0v) is 16.4. The second kappa shape index (κ2) is 7.86. The van der Waals surface area contributed by atoms with Crippen molar-refractivity contribution in [2.45, 2.75) is 33.2 Å². The molecule has 1 aromatic heterocycles. The minimum Gasteiger partial charge on any atom is -0.482 e. The molecule has 0 bridgehead atoms. The van der Waals surface area contributed by atoms with Crippen molar-refractivity contribution in [2.24, 2.45) is 0 Å². The summed E-state index contributed by atoms with van der Waals surface area (Å²) in [6.45, 7) is 5.33. The third-order valence-electron chi connectivity index (χ3n) is 4.95. The van der Waals surface area contributed by atoms with Gasteiger partial charge in [0.1, 0.15) is 5.75 Å². The van der Waals surface area contributed by atoms with Gasteiger partial charge < -0.3 is 9.64 Å². The van der Waals surface area contributed by atoms with Gasteiger partial charge in [-0.05, 0) is 38.5 Å². The molecule has 0 fully saturated rings. The molecule has 29 heavy (non-hydrogen) atoms. The number of pyridine rings is 1. The first kappa shape index (κ1) is 20.2. The van der Waals surface area contributed by atoms with Gasteiger partial charge in [-0.15, -0.1) is 0 Å². The highest BCUT2D eigenvalue weighted by Crippen LogP contribution is 2.34. The highest BCUT2D eigenvalue weighted by Gasteiger charge is 2.28. The number of ketones is 1. The maximum Gasteiger partial charge on any atom is 0.288 e. The molecule has 0 aliphatic carbocycles. The summed E-state index contributed by atoms with van der Waals surface area (Å²) in [5, 5.41) is 11.2. The minimum absolute atomic E-state index is 0.0566. The summed E-state index contributed by atoms with van der Waals surface area (Å²) in [6, 6.07) is 6.01. The Hall–Kier alpha value is -3.49. The van der Waals surface area contributed by atoms with Crippen LogP contribution in [0.4, 0.5) is 11.4 Å². The number of aromatic nitrogens is 1. The van der Waals surface area contributed by atoms with Gasteiger partial charge in [0.2, 0.25) is 0 Å². The van der Waals surface area contributed by atoms with E-state index >= 15 is 0 Å². The number of amides is 1. The van der Waals surface area contributed by atoms with Crippen LogP contribution in [0.2, 0.25) is 0 Å². The number of benzene rings is 1. The second-order valence-corrected chi connectivity index (χ2v) is 6.83. The van der Waals surface area contributed by atoms with Crippen molar-refractivity contribution < 1.29 is 19.2 Å². The van der Waals surface area contributed by atoms with Gasteiger partial charge in [-0.25, -0.2) is 0 Å². The van der Waals surface area contributed by atoms with E-state index in [1.54, 1.807) is 23.1 Å². The molecule has 1 unspecified atom stereocenters. The quantitative estimate of drug-likeness (QED) is 0.419. The third kappa shape index (κ3) is 3.63. The lowest BCUT2D eigenvalue weighted by atomic mass is 10.0. The lowest BCUT2D eigenvalue weighted by molar-refractivity contribution is -0.386. The number of carbonyl (C=O) groups is 2. The van der Waals surface area contributed by atoms with Crippen LogP contribution in [0, 0.1) is 17.0 Å². The van der Waals surface area contributed by atoms with Crippen molar-refractivity contribution in [3.05, 3.63) is 62.1 Å². The number of hydrogen-bond acceptors (Lipinski definition) is 6. The van der Waals surface area contributed by atoms with Gasteiger partial charge in [-0.2, -0.15) is 0 Å². The van der Waals surface area contributed by atoms with Crippen molar-refractivity contribution in [3.8, 4) is 5.75 Å². The van der Waals surface area contributed by atoms with Crippen LogP contribution in [0.1, 0.15) is 42.4 Å². The second-order valence-electron chi connectivity index (χ2n) is 6.83. The van der Waals surface area contributed by atoms with Gasteiger partial charge in [0.15, 0.2) is 12.4 Å². The summed E-state index contributed by atoms with van der Waals surface area (Å²) in [4.78, 5) is 49.8. The fourth-order valence-electron chi connectivity index (χ4n) is 3.50. The van der Waals surface area contributed by atoms with Crippen LogP contribution in [0.15, 0.2) is 35.1 Å². The Labute approximate surface area is 166 Å². The average molecular weight is 399 g/mol. The summed E-state index contributed by atoms with van der Waals surface area (Å²) >= 11 is 0. The number of nitrogens with zero attached hydrogens (tertiary/aromatic N) is 3. The van der Waals surface area contributed by atoms with E-state index in [4.69, 9.17) is 4.74 Å². The minimum atomic E-state index is -0.958. The molecule has 2 heterocycles. The lowest BCUT2D eigenvalue weighted by Gasteiger charge is -2.29. The molecule has 1 atom stereocenters. The highest BCUT2D eigenvalue weighted by atomic mass is 16.6. The van der Waals surface area contributed by atoms with Gasteiger partial charge in [-0.1, -0.05) is 6.92 Å². The Morgan fingerprint density at radius 2 is 2.00 bits per heavy atom. The molecule has 152 valence electrons. The van der Waals surface area contributed by atoms with E-state index in [2.05, 4.69) is 0 Å². The molecule has 3 rings (SSSR count). The molecule has 0 saturated carbocycles. The summed E-state index contributed by atoms with van der Waals surface area (Å²) in [5.41, 5.74) is 0.158. The lowest BCUT2D eigenvalue weighted by Crippen LogP contribution is -2.39. The van der Waals surface area contributed by atoms with E-state index in [1.807, 2.05) is 6.92 Å². The molecule has 9 heteroatoms. The van der Waals surface area contributed by atoms with E-state index in [9.17, 15) is 24.5 Å². The number of anilines is 1. The Morgan fingerprint density at radius 1 is 1.28 bits per heavy atom. The van der Waals surface area contributed by atoms with Gasteiger partial charge in [-0.3, -0.25) is 29.1 Å². The summed E-state index contributed by atoms with van der Waals surface area (Å²) in [7, 11) is 0. The zero-order chi connectivity index (χ0) is 21.3. The molecule has 1 aliphatic heterocycles. The molecule has 0 N–H and O–H groups in total. The predicted octanol–water partition coefficient (Wildman–Crippen LogP) is 2.64. The van der Waals surface area contributed by atoms with Gasteiger partial charge >= 0.3 is 0 Å². The molecule has 2 aromatic rings. The van der Waals surface area contributed by atoms with E-state index in [0.29, 0.717) is 18.0 Å². The molecule has 1 amide bonds. The first-order chi connectivity index (χ1) is 13.8. The standard InChI is InChI=1S/C20H21N3O6/c1-4-9-21-16-10-14(5-7-17(16)29-11-19(21)25)20(26)13(3)22-12(2)15(23(27)28)6-8-18(22)24/h5-8,10,13H,4,9,11H2,1-3H3. The maximum atomic E-state index is 13.1. The van der Waals surface area contributed by atoms with Crippen molar-refractivity contribution in [1.82, 2.24) is 4.57 Å². The van der Waals surface area contributed by atoms with Crippen LogP contribution in [-0.4, -0.2) is 34.3 Å². The first-order valence-electron chi connectivity index (χ1n) is 9.24. The van der Waals surface area contributed by atoms with E-state index in [-0.39, 0.29) is 29.5 Å². The van der Waals surface area contributed by atoms with Crippen LogP contribution < -0.4 is 15.2 Å². The predicted molar refractivity (Wildman–Crippen MR) is 106 cm³/mol. The smallest absolute Gasteiger partial charge is 0.288 e. The molecule has 1 aromatic carbocycles. The van der Waals surface area contributed by atoms with Crippen molar-refractivity contribution >= 4 is 23.1 Å². The van der Waals surface area contributed by atoms with Crippen molar-refractivity contribution in [3.63, 3.8) is 0 Å². The molecule has 9 nitrogen and oxygen atoms in total. The van der Waals surface area contributed by atoms with Crippen LogP contribution in [0.3, 0.4) is 0 Å². The number of fused-ring (bicyclic) bond motifs is 1. The van der Waals surface area contributed by atoms with Crippen LogP contribution in [0.5, 0.6) is 5.75 Å². The third-order valence-corrected chi connectivity index (χ3v) is 4.95. The largest absolute Gasteiger partial charge is 0.482 e. The normalized spacial score (nSPS) is 14.2. The topological polar surface area (TPSA) is 112 Å². The number of carbonyl (C=O) groups excluding carboxylic acids is 2. The van der Waals surface area contributed by atoms with Crippen LogP contribution >= 0.6 is 0 Å². The summed E-state index contributed by atoms with van der Waals surface area (Å²) in [6.07, 6.45) is 0.738. The Balaban J connectivity index is 2.02. The summed E-state index contributed by atoms with van der Waals surface area (Å²) < 4.78 is 6.56. The van der Waals surface area contributed by atoms with Gasteiger partial charge in [0.05, 0.1) is 22.3 Å². The molecular formula is C20H21N3O6. The SMILES string of the molecule is CCCN1C(=O)COc2ccc(C(=O)C(C)n3c(C)c([N+](=O)[O-])ccc3=O)cc21. The number of nitro groups is 1. The monoisotopic (exact) mass is 399 g/mol. The fourth-order valence-corrected chi connectivity index (χ4v) is 3.50. The van der Waals surface area contributed by atoms with E-state index in [1.165, 1.54) is 13.8 Å². The molecular weight excluding hydrogens is 378 g/mol. The van der Waals surface area contributed by atoms with Gasteiger partial charge in [0.25, 0.3) is 17.2 Å². The summed E-state index contributed by atoms with van der Waals surface area (Å²) in [5.74, 6) is -0.0818. The van der Waals surface area contributed by atoms with Crippen LogP contribution in [0.25, 0.3) is 0 Å².